The number of aromatic carboxylic acids is 1. The molecule has 1 aromatic carbocycles. The van der Waals surface area contributed by atoms with E-state index in [1.165, 1.54) is 12.1 Å². The number of halogens is 1. The number of hydrogen-bond donors (Lipinski definition) is 3. The van der Waals surface area contributed by atoms with Gasteiger partial charge in [-0.15, -0.1) is 11.3 Å². The molecule has 0 radical (unpaired) electrons. The molecule has 1 aromatic heterocycles. The maximum Gasteiger partial charge on any atom is 0.338 e. The van der Waals surface area contributed by atoms with Gasteiger partial charge in [0, 0.05) is 18.0 Å². The van der Waals surface area contributed by atoms with Gasteiger partial charge in [-0.25, -0.2) is 22.3 Å². The summed E-state index contributed by atoms with van der Waals surface area (Å²) < 4.78 is 40.9. The van der Waals surface area contributed by atoms with Gasteiger partial charge in [0.15, 0.2) is 0 Å². The summed E-state index contributed by atoms with van der Waals surface area (Å²) >= 11 is 0.972. The highest BCUT2D eigenvalue weighted by Crippen LogP contribution is 2.34. The Morgan fingerprint density at radius 1 is 1.44 bits per heavy atom. The predicted molar refractivity (Wildman–Crippen MR) is 91.9 cm³/mol. The minimum atomic E-state index is -4.02. The first-order valence-corrected chi connectivity index (χ1v) is 9.93. The first-order chi connectivity index (χ1) is 11.8. The van der Waals surface area contributed by atoms with Gasteiger partial charge in [-0.2, -0.15) is 0 Å². The van der Waals surface area contributed by atoms with E-state index < -0.39 is 21.8 Å². The number of nitrogens with one attached hydrogen (secondary N) is 2. The molecule has 0 saturated carbocycles. The van der Waals surface area contributed by atoms with Crippen LogP contribution in [-0.2, 0) is 29.5 Å². The molecule has 25 heavy (non-hydrogen) atoms. The Kier molecular flexibility index (Phi) is 4.92. The van der Waals surface area contributed by atoms with Gasteiger partial charge >= 0.3 is 5.97 Å². The van der Waals surface area contributed by atoms with Crippen LogP contribution in [0.15, 0.2) is 22.4 Å². The number of carboxylic acids is 1. The number of fused-ring (bicyclic) bond motifs is 1. The van der Waals surface area contributed by atoms with Crippen LogP contribution in [0.1, 0.15) is 31.9 Å². The molecule has 0 atom stereocenters. The van der Waals surface area contributed by atoms with Gasteiger partial charge in [0.05, 0.1) is 5.56 Å². The average Bonchev–Trinajstić information content (AvgIpc) is 2.96. The molecule has 2 aromatic rings. The molecule has 0 bridgehead atoms. The van der Waals surface area contributed by atoms with E-state index in [2.05, 4.69) is 10.0 Å². The summed E-state index contributed by atoms with van der Waals surface area (Å²) in [5.74, 6) is -1.70. The molecule has 6 nitrogen and oxygen atoms in total. The lowest BCUT2D eigenvalue weighted by molar-refractivity contribution is 0.0692. The quantitative estimate of drug-likeness (QED) is 0.733. The van der Waals surface area contributed by atoms with E-state index in [9.17, 15) is 22.7 Å². The Bertz CT molecular complexity index is 938. The van der Waals surface area contributed by atoms with E-state index in [1.807, 2.05) is 0 Å². The molecule has 3 rings (SSSR count). The fourth-order valence-electron chi connectivity index (χ4n) is 2.78. The average molecular weight is 384 g/mol. The van der Waals surface area contributed by atoms with Crippen LogP contribution in [-0.4, -0.2) is 26.0 Å². The van der Waals surface area contributed by atoms with E-state index >= 15 is 0 Å². The number of rotatable bonds is 5. The highest BCUT2D eigenvalue weighted by molar-refractivity contribution is 7.91. The number of aryl methyl sites for hydroxylation is 1. The topological polar surface area (TPSA) is 95.5 Å². The third kappa shape index (κ3) is 3.59. The molecule has 2 heterocycles. The van der Waals surface area contributed by atoms with Gasteiger partial charge in [0.1, 0.15) is 10.0 Å². The van der Waals surface area contributed by atoms with Crippen LogP contribution in [0.2, 0.25) is 0 Å². The van der Waals surface area contributed by atoms with Gasteiger partial charge in [-0.3, -0.25) is 0 Å². The summed E-state index contributed by atoms with van der Waals surface area (Å²) in [7, 11) is -4.02. The summed E-state index contributed by atoms with van der Waals surface area (Å²) in [6, 6.07) is 4.13. The van der Waals surface area contributed by atoms with Crippen LogP contribution in [0, 0.1) is 12.7 Å². The number of benzene rings is 1. The van der Waals surface area contributed by atoms with Crippen LogP contribution >= 0.6 is 11.3 Å². The normalized spacial score (nSPS) is 14.3. The third-order valence-corrected chi connectivity index (χ3v) is 7.27. The van der Waals surface area contributed by atoms with Crippen molar-refractivity contribution in [1.29, 1.82) is 0 Å². The maximum atomic E-state index is 13.4. The summed E-state index contributed by atoms with van der Waals surface area (Å²) in [5.41, 5.74) is 1.68. The van der Waals surface area contributed by atoms with Gasteiger partial charge in [-0.1, -0.05) is 6.07 Å². The first kappa shape index (κ1) is 18.0. The van der Waals surface area contributed by atoms with Crippen molar-refractivity contribution in [3.8, 4) is 0 Å². The van der Waals surface area contributed by atoms with E-state index in [-0.39, 0.29) is 16.3 Å². The Labute approximate surface area is 148 Å². The predicted octanol–water partition coefficient (Wildman–Crippen LogP) is 2.02. The smallest absolute Gasteiger partial charge is 0.338 e. The molecule has 3 N–H and O–H groups in total. The van der Waals surface area contributed by atoms with Crippen molar-refractivity contribution in [1.82, 2.24) is 10.0 Å². The SMILES string of the molecule is Cc1ccc(F)cc1CNS(=O)(=O)c1sc2c(c1C(=O)O)CCNC2. The molecule has 0 saturated heterocycles. The van der Waals surface area contributed by atoms with Crippen molar-refractivity contribution in [2.45, 2.75) is 30.6 Å². The van der Waals surface area contributed by atoms with Crippen LogP contribution in [0.25, 0.3) is 0 Å². The first-order valence-electron chi connectivity index (χ1n) is 7.63. The number of hydrogen-bond acceptors (Lipinski definition) is 5. The van der Waals surface area contributed by atoms with Gasteiger partial charge in [-0.05, 0) is 48.7 Å². The van der Waals surface area contributed by atoms with Crippen LogP contribution in [0.5, 0.6) is 0 Å². The number of carbonyl (C=O) groups is 1. The molecule has 0 aliphatic carbocycles. The van der Waals surface area contributed by atoms with Gasteiger partial charge in [0.25, 0.3) is 10.0 Å². The van der Waals surface area contributed by atoms with Gasteiger partial charge < -0.3 is 10.4 Å². The fraction of sp³-hybridized carbons (Fsp3) is 0.312. The Morgan fingerprint density at radius 3 is 2.92 bits per heavy atom. The summed E-state index contributed by atoms with van der Waals surface area (Å²) in [6.45, 7) is 2.71. The maximum absolute atomic E-state index is 13.4. The second-order valence-corrected chi connectivity index (χ2v) is 8.86. The van der Waals surface area contributed by atoms with Crippen molar-refractivity contribution in [2.24, 2.45) is 0 Å². The molecule has 1 aliphatic rings. The molecule has 9 heteroatoms. The number of carboxylic acid groups (broad SMARTS) is 1. The van der Waals surface area contributed by atoms with Crippen molar-refractivity contribution < 1.29 is 22.7 Å². The highest BCUT2D eigenvalue weighted by atomic mass is 32.2. The van der Waals surface area contributed by atoms with E-state index in [4.69, 9.17) is 0 Å². The molecule has 0 spiro atoms. The molecule has 0 unspecified atom stereocenters. The summed E-state index contributed by atoms with van der Waals surface area (Å²) in [6.07, 6.45) is 0.478. The molecular formula is C16H17FN2O4S2. The lowest BCUT2D eigenvalue weighted by Gasteiger charge is -2.12. The molecule has 134 valence electrons. The van der Waals surface area contributed by atoms with Gasteiger partial charge in [0.2, 0.25) is 0 Å². The number of thiophene rings is 1. The highest BCUT2D eigenvalue weighted by Gasteiger charge is 2.31. The lowest BCUT2D eigenvalue weighted by Crippen LogP contribution is -2.25. The van der Waals surface area contributed by atoms with Crippen molar-refractivity contribution >= 4 is 27.3 Å². The zero-order chi connectivity index (χ0) is 18.2. The summed E-state index contributed by atoms with van der Waals surface area (Å²) in [5, 5.41) is 12.6. The van der Waals surface area contributed by atoms with Crippen molar-refractivity contribution in [2.75, 3.05) is 6.54 Å². The Balaban J connectivity index is 1.93. The molecule has 0 fully saturated rings. The van der Waals surface area contributed by atoms with Crippen LogP contribution in [0.4, 0.5) is 4.39 Å². The molecule has 1 aliphatic heterocycles. The standard InChI is InChI=1S/C16H17FN2O4S2/c1-9-2-3-11(17)6-10(9)7-19-25(22,23)16-14(15(20)21)12-4-5-18-8-13(12)24-16/h2-3,6,18-19H,4-5,7-8H2,1H3,(H,20,21). The third-order valence-electron chi connectivity index (χ3n) is 4.12. The van der Waals surface area contributed by atoms with E-state index in [0.29, 0.717) is 30.6 Å². The van der Waals surface area contributed by atoms with E-state index in [1.54, 1.807) is 13.0 Å². The second-order valence-electron chi connectivity index (χ2n) is 5.79. The van der Waals surface area contributed by atoms with Crippen LogP contribution in [0.3, 0.4) is 0 Å². The van der Waals surface area contributed by atoms with E-state index in [0.717, 1.165) is 21.8 Å². The second kappa shape index (κ2) is 6.83. The Morgan fingerprint density at radius 2 is 2.20 bits per heavy atom. The fourth-order valence-corrected chi connectivity index (χ4v) is 5.70. The number of sulfonamides is 1. The Hall–Kier alpha value is -1.81. The largest absolute Gasteiger partial charge is 0.478 e. The minimum absolute atomic E-state index is 0.105. The zero-order valence-corrected chi connectivity index (χ0v) is 15.1. The van der Waals surface area contributed by atoms with Crippen molar-refractivity contribution in [3.63, 3.8) is 0 Å². The van der Waals surface area contributed by atoms with Crippen LogP contribution < -0.4 is 10.0 Å². The van der Waals surface area contributed by atoms with Crippen molar-refractivity contribution in [3.05, 3.63) is 51.1 Å². The minimum Gasteiger partial charge on any atom is -0.478 e. The lowest BCUT2D eigenvalue weighted by atomic mass is 10.1. The molecule has 0 amide bonds. The summed E-state index contributed by atoms with van der Waals surface area (Å²) in [4.78, 5) is 12.3. The molecular weight excluding hydrogens is 367 g/mol. The zero-order valence-electron chi connectivity index (χ0n) is 13.4. The monoisotopic (exact) mass is 384 g/mol.